The largest absolute Gasteiger partial charge is 0.350 e. The Kier molecular flexibility index (Phi) is 4.97. The molecule has 2 aliphatic rings. The average Bonchev–Trinajstić information content (AvgIpc) is 2.72. The van der Waals surface area contributed by atoms with Crippen LogP contribution in [0, 0.1) is 0 Å². The molecule has 0 spiro atoms. The highest BCUT2D eigenvalue weighted by Crippen LogP contribution is 2.34. The van der Waals surface area contributed by atoms with Crippen molar-refractivity contribution in [2.45, 2.75) is 36.6 Å². The fourth-order valence-electron chi connectivity index (χ4n) is 1.73. The molecule has 2 fully saturated rings. The maximum absolute atomic E-state index is 5.41. The predicted octanol–water partition coefficient (Wildman–Crippen LogP) is 2.73. The smallest absolute Gasteiger partial charge is 0.157 e. The van der Waals surface area contributed by atoms with E-state index in [0.717, 1.165) is 24.2 Å². The number of thioether (sulfide) groups is 2. The normalized spacial score (nSPS) is 25.7. The molecular formula is C10H18O2S2. The molecule has 4 heteroatoms. The molecule has 2 heterocycles. The number of ether oxygens (including phenoxy) is 2. The van der Waals surface area contributed by atoms with E-state index in [1.54, 1.807) is 0 Å². The molecule has 2 rings (SSSR count). The van der Waals surface area contributed by atoms with Crippen LogP contribution in [0.1, 0.15) is 25.7 Å². The molecule has 14 heavy (non-hydrogen) atoms. The molecule has 0 N–H and O–H groups in total. The minimum absolute atomic E-state index is 0.105. The molecule has 2 nitrogen and oxygen atoms in total. The summed E-state index contributed by atoms with van der Waals surface area (Å²) in [4.78, 5) is 0. The highest BCUT2D eigenvalue weighted by molar-refractivity contribution is 8.17. The second-order valence-electron chi connectivity index (χ2n) is 3.63. The molecule has 0 aliphatic carbocycles. The van der Waals surface area contributed by atoms with Crippen LogP contribution in [0.15, 0.2) is 0 Å². The summed E-state index contributed by atoms with van der Waals surface area (Å²) in [5.74, 6) is 2.71. The van der Waals surface area contributed by atoms with Gasteiger partial charge in [0.2, 0.25) is 0 Å². The third-order valence-electron chi connectivity index (χ3n) is 2.47. The SMILES string of the molecule is C1CSC(CCCC2OCCO2)SC1. The van der Waals surface area contributed by atoms with Gasteiger partial charge >= 0.3 is 0 Å². The molecule has 0 aromatic rings. The van der Waals surface area contributed by atoms with Crippen molar-refractivity contribution < 1.29 is 9.47 Å². The van der Waals surface area contributed by atoms with Gasteiger partial charge in [-0.3, -0.25) is 0 Å². The highest BCUT2D eigenvalue weighted by Gasteiger charge is 2.18. The lowest BCUT2D eigenvalue weighted by Gasteiger charge is -2.21. The van der Waals surface area contributed by atoms with E-state index in [-0.39, 0.29) is 6.29 Å². The molecule has 2 aliphatic heterocycles. The summed E-state index contributed by atoms with van der Waals surface area (Å²) in [6.45, 7) is 1.58. The minimum atomic E-state index is 0.105. The fraction of sp³-hybridized carbons (Fsp3) is 1.00. The molecule has 2 saturated heterocycles. The van der Waals surface area contributed by atoms with E-state index >= 15 is 0 Å². The Morgan fingerprint density at radius 2 is 1.71 bits per heavy atom. The van der Waals surface area contributed by atoms with E-state index in [1.807, 2.05) is 0 Å². The predicted molar refractivity (Wildman–Crippen MR) is 62.9 cm³/mol. The van der Waals surface area contributed by atoms with Crippen LogP contribution >= 0.6 is 23.5 Å². The van der Waals surface area contributed by atoms with Gasteiger partial charge in [0.05, 0.1) is 17.8 Å². The maximum Gasteiger partial charge on any atom is 0.157 e. The van der Waals surface area contributed by atoms with Crippen LogP contribution in [0.4, 0.5) is 0 Å². The maximum atomic E-state index is 5.41. The van der Waals surface area contributed by atoms with Crippen LogP contribution in [0.3, 0.4) is 0 Å². The first-order chi connectivity index (χ1) is 6.95. The van der Waals surface area contributed by atoms with Crippen LogP contribution in [-0.2, 0) is 9.47 Å². The molecular weight excluding hydrogens is 216 g/mol. The van der Waals surface area contributed by atoms with Crippen LogP contribution < -0.4 is 0 Å². The summed E-state index contributed by atoms with van der Waals surface area (Å²) in [6.07, 6.45) is 5.14. The van der Waals surface area contributed by atoms with E-state index in [0.29, 0.717) is 0 Å². The summed E-state index contributed by atoms with van der Waals surface area (Å²) in [7, 11) is 0. The van der Waals surface area contributed by atoms with Gasteiger partial charge in [0.15, 0.2) is 6.29 Å². The molecule has 0 atom stereocenters. The Balaban J connectivity index is 1.52. The van der Waals surface area contributed by atoms with E-state index in [4.69, 9.17) is 9.47 Å². The molecule has 0 aromatic heterocycles. The van der Waals surface area contributed by atoms with E-state index in [9.17, 15) is 0 Å². The van der Waals surface area contributed by atoms with Crippen LogP contribution in [-0.4, -0.2) is 35.6 Å². The monoisotopic (exact) mass is 234 g/mol. The summed E-state index contributed by atoms with van der Waals surface area (Å²) in [6, 6.07) is 0. The summed E-state index contributed by atoms with van der Waals surface area (Å²) >= 11 is 4.25. The highest BCUT2D eigenvalue weighted by atomic mass is 32.2. The zero-order chi connectivity index (χ0) is 9.64. The zero-order valence-corrected chi connectivity index (χ0v) is 10.1. The van der Waals surface area contributed by atoms with Gasteiger partial charge in [-0.2, -0.15) is 0 Å². The van der Waals surface area contributed by atoms with Gasteiger partial charge in [0.1, 0.15) is 0 Å². The Labute approximate surface area is 94.5 Å². The summed E-state index contributed by atoms with van der Waals surface area (Å²) < 4.78 is 11.7. The molecule has 0 bridgehead atoms. The zero-order valence-electron chi connectivity index (χ0n) is 8.44. The average molecular weight is 234 g/mol. The Bertz CT molecular complexity index is 154. The van der Waals surface area contributed by atoms with Crippen LogP contribution in [0.25, 0.3) is 0 Å². The van der Waals surface area contributed by atoms with Gasteiger partial charge in [-0.15, -0.1) is 23.5 Å². The van der Waals surface area contributed by atoms with Crippen molar-refractivity contribution in [2.75, 3.05) is 24.7 Å². The van der Waals surface area contributed by atoms with Crippen molar-refractivity contribution in [3.8, 4) is 0 Å². The molecule has 82 valence electrons. The van der Waals surface area contributed by atoms with Gasteiger partial charge in [0, 0.05) is 0 Å². The van der Waals surface area contributed by atoms with Crippen molar-refractivity contribution >= 4 is 23.5 Å². The van der Waals surface area contributed by atoms with Gasteiger partial charge in [-0.25, -0.2) is 0 Å². The number of hydrogen-bond acceptors (Lipinski definition) is 4. The van der Waals surface area contributed by atoms with Crippen molar-refractivity contribution in [3.05, 3.63) is 0 Å². The lowest BCUT2D eigenvalue weighted by molar-refractivity contribution is -0.0477. The topological polar surface area (TPSA) is 18.5 Å². The Morgan fingerprint density at radius 3 is 2.43 bits per heavy atom. The second kappa shape index (κ2) is 6.26. The number of hydrogen-bond donors (Lipinski definition) is 0. The first-order valence-corrected chi connectivity index (χ1v) is 7.51. The van der Waals surface area contributed by atoms with Crippen molar-refractivity contribution in [2.24, 2.45) is 0 Å². The first-order valence-electron chi connectivity index (χ1n) is 5.41. The Hall–Kier alpha value is 0.620. The Morgan fingerprint density at radius 1 is 1.00 bits per heavy atom. The van der Waals surface area contributed by atoms with Crippen LogP contribution in [0.5, 0.6) is 0 Å². The van der Waals surface area contributed by atoms with Crippen molar-refractivity contribution in [3.63, 3.8) is 0 Å². The molecule has 0 radical (unpaired) electrons. The summed E-state index contributed by atoms with van der Waals surface area (Å²) in [5.41, 5.74) is 0. The molecule has 0 amide bonds. The van der Waals surface area contributed by atoms with E-state index in [1.165, 1.54) is 30.8 Å². The van der Waals surface area contributed by atoms with Gasteiger partial charge in [-0.1, -0.05) is 0 Å². The van der Waals surface area contributed by atoms with E-state index < -0.39 is 0 Å². The van der Waals surface area contributed by atoms with Crippen molar-refractivity contribution in [1.29, 1.82) is 0 Å². The molecule has 0 unspecified atom stereocenters. The van der Waals surface area contributed by atoms with Gasteiger partial charge < -0.3 is 9.47 Å². The molecule has 0 saturated carbocycles. The van der Waals surface area contributed by atoms with E-state index in [2.05, 4.69) is 23.5 Å². The third kappa shape index (κ3) is 3.65. The van der Waals surface area contributed by atoms with Crippen molar-refractivity contribution in [1.82, 2.24) is 0 Å². The summed E-state index contributed by atoms with van der Waals surface area (Å²) in [5, 5.41) is 0. The van der Waals surface area contributed by atoms with Gasteiger partial charge in [-0.05, 0) is 37.2 Å². The lowest BCUT2D eigenvalue weighted by atomic mass is 10.2. The quantitative estimate of drug-likeness (QED) is 0.744. The number of rotatable bonds is 4. The molecule has 0 aromatic carbocycles. The second-order valence-corrected chi connectivity index (χ2v) is 6.55. The standard InChI is InChI=1S/C10H18O2S2/c1(3-9-11-5-6-12-9)4-10-13-7-2-8-14-10/h9-10H,1-8H2. The first kappa shape index (κ1) is 11.1. The van der Waals surface area contributed by atoms with Gasteiger partial charge in [0.25, 0.3) is 0 Å². The minimum Gasteiger partial charge on any atom is -0.350 e. The fourth-order valence-corrected chi connectivity index (χ4v) is 4.69. The lowest BCUT2D eigenvalue weighted by Crippen LogP contribution is -2.10. The van der Waals surface area contributed by atoms with Crippen LogP contribution in [0.2, 0.25) is 0 Å². The third-order valence-corrected chi connectivity index (χ3v) is 5.55.